The van der Waals surface area contributed by atoms with Gasteiger partial charge in [0.05, 0.1) is 18.0 Å². The number of carbonyl (C=O) groups is 1. The Morgan fingerprint density at radius 1 is 0.900 bits per heavy atom. The Kier molecular flexibility index (Phi) is 6.57. The predicted molar refractivity (Wildman–Crippen MR) is 121 cm³/mol. The molecule has 0 saturated heterocycles. The Bertz CT molecular complexity index is 1090. The van der Waals surface area contributed by atoms with Crippen LogP contribution in [0, 0.1) is 6.92 Å². The first-order valence-electron chi connectivity index (χ1n) is 9.79. The summed E-state index contributed by atoms with van der Waals surface area (Å²) in [4.78, 5) is 13.0. The number of amides is 1. The van der Waals surface area contributed by atoms with Crippen LogP contribution in [0.1, 0.15) is 40.0 Å². The molecule has 0 fully saturated rings. The second kappa shape index (κ2) is 9.13. The molecule has 1 N–H and O–H groups in total. The van der Waals surface area contributed by atoms with Gasteiger partial charge in [0.15, 0.2) is 0 Å². The first kappa shape index (κ1) is 21.6. The van der Waals surface area contributed by atoms with Crippen molar-refractivity contribution in [3.05, 3.63) is 101 Å². The smallest absolute Gasteiger partial charge is 0.252 e. The van der Waals surface area contributed by atoms with Gasteiger partial charge in [-0.05, 0) is 49.2 Å². The molecule has 30 heavy (non-hydrogen) atoms. The molecule has 0 spiro atoms. The molecule has 3 aromatic rings. The lowest BCUT2D eigenvalue weighted by molar-refractivity contribution is 0.0943. The molecular weight excluding hydrogens is 396 g/mol. The second-order valence-electron chi connectivity index (χ2n) is 7.20. The fourth-order valence-electron chi connectivity index (χ4n) is 3.37. The Balaban J connectivity index is 1.86. The van der Waals surface area contributed by atoms with Crippen LogP contribution in [0.2, 0.25) is 0 Å². The molecule has 3 aromatic carbocycles. The minimum Gasteiger partial charge on any atom is -0.341 e. The number of hydrogen-bond donors (Lipinski definition) is 1. The van der Waals surface area contributed by atoms with Crippen LogP contribution in [-0.2, 0) is 10.0 Å². The Morgan fingerprint density at radius 2 is 1.47 bits per heavy atom. The highest BCUT2D eigenvalue weighted by atomic mass is 32.2. The van der Waals surface area contributed by atoms with E-state index in [1.807, 2.05) is 61.5 Å². The Hall–Kier alpha value is -3.12. The SMILES string of the molecule is CCN(c1ccc(C(=O)NC(c2ccccc2)c2ccc(C)cc2)cc1)S(C)(=O)=O. The van der Waals surface area contributed by atoms with Crippen LogP contribution >= 0.6 is 0 Å². The first-order chi connectivity index (χ1) is 14.3. The number of aryl methyl sites for hydroxylation is 1. The van der Waals surface area contributed by atoms with E-state index in [-0.39, 0.29) is 11.9 Å². The molecule has 0 radical (unpaired) electrons. The highest BCUT2D eigenvalue weighted by Crippen LogP contribution is 2.24. The number of benzene rings is 3. The first-order valence-corrected chi connectivity index (χ1v) is 11.6. The van der Waals surface area contributed by atoms with E-state index < -0.39 is 10.0 Å². The molecule has 1 atom stereocenters. The van der Waals surface area contributed by atoms with Crippen molar-refractivity contribution in [3.63, 3.8) is 0 Å². The van der Waals surface area contributed by atoms with E-state index in [0.717, 1.165) is 16.7 Å². The molecule has 0 aromatic heterocycles. The number of nitrogens with zero attached hydrogens (tertiary/aromatic N) is 1. The van der Waals surface area contributed by atoms with Crippen molar-refractivity contribution in [1.82, 2.24) is 5.32 Å². The fourth-order valence-corrected chi connectivity index (χ4v) is 4.34. The van der Waals surface area contributed by atoms with Crippen molar-refractivity contribution < 1.29 is 13.2 Å². The van der Waals surface area contributed by atoms with Gasteiger partial charge in [0.2, 0.25) is 10.0 Å². The molecule has 5 nitrogen and oxygen atoms in total. The average molecular weight is 423 g/mol. The quantitative estimate of drug-likeness (QED) is 0.617. The van der Waals surface area contributed by atoms with Gasteiger partial charge in [-0.15, -0.1) is 0 Å². The molecule has 6 heteroatoms. The van der Waals surface area contributed by atoms with Crippen molar-refractivity contribution in [3.8, 4) is 0 Å². The molecule has 3 rings (SSSR count). The molecule has 1 amide bonds. The van der Waals surface area contributed by atoms with Crippen molar-refractivity contribution in [1.29, 1.82) is 0 Å². The number of hydrogen-bond acceptors (Lipinski definition) is 3. The van der Waals surface area contributed by atoms with Crippen LogP contribution in [0.25, 0.3) is 0 Å². The van der Waals surface area contributed by atoms with Gasteiger partial charge in [-0.1, -0.05) is 60.2 Å². The summed E-state index contributed by atoms with van der Waals surface area (Å²) in [6, 6.07) is 24.2. The predicted octanol–water partition coefficient (Wildman–Crippen LogP) is 4.30. The highest BCUT2D eigenvalue weighted by molar-refractivity contribution is 7.92. The molecule has 1 unspecified atom stereocenters. The summed E-state index contributed by atoms with van der Waals surface area (Å²) in [6.07, 6.45) is 1.17. The van der Waals surface area contributed by atoms with Crippen LogP contribution in [0.3, 0.4) is 0 Å². The zero-order valence-corrected chi connectivity index (χ0v) is 18.2. The molecular formula is C24H26N2O3S. The summed E-state index contributed by atoms with van der Waals surface area (Å²) in [5.74, 6) is -0.224. The largest absolute Gasteiger partial charge is 0.341 e. The van der Waals surface area contributed by atoms with Gasteiger partial charge in [-0.25, -0.2) is 8.42 Å². The standard InChI is InChI=1S/C24H26N2O3S/c1-4-26(30(3,28)29)22-16-14-21(15-17-22)24(27)25-23(19-8-6-5-7-9-19)20-12-10-18(2)11-13-20/h5-17,23H,4H2,1-3H3,(H,25,27). The van der Waals surface area contributed by atoms with E-state index in [4.69, 9.17) is 0 Å². The van der Waals surface area contributed by atoms with Crippen molar-refractivity contribution in [2.75, 3.05) is 17.1 Å². The van der Waals surface area contributed by atoms with Gasteiger partial charge in [0, 0.05) is 12.1 Å². The minimum absolute atomic E-state index is 0.224. The van der Waals surface area contributed by atoms with Crippen molar-refractivity contribution in [2.24, 2.45) is 0 Å². The molecule has 0 bridgehead atoms. The number of anilines is 1. The number of nitrogens with one attached hydrogen (secondary N) is 1. The second-order valence-corrected chi connectivity index (χ2v) is 9.11. The van der Waals surface area contributed by atoms with Gasteiger partial charge >= 0.3 is 0 Å². The third kappa shape index (κ3) is 5.07. The molecule has 0 heterocycles. The summed E-state index contributed by atoms with van der Waals surface area (Å²) in [6.45, 7) is 4.12. The lowest BCUT2D eigenvalue weighted by Crippen LogP contribution is -2.30. The maximum absolute atomic E-state index is 13.0. The normalized spacial score (nSPS) is 12.2. The van der Waals surface area contributed by atoms with Gasteiger partial charge in [0.1, 0.15) is 0 Å². The summed E-state index contributed by atoms with van der Waals surface area (Å²) >= 11 is 0. The molecule has 0 aliphatic carbocycles. The minimum atomic E-state index is -3.36. The van der Waals surface area contributed by atoms with Crippen LogP contribution in [-0.4, -0.2) is 27.1 Å². The number of rotatable bonds is 7. The molecule has 156 valence electrons. The lowest BCUT2D eigenvalue weighted by atomic mass is 9.97. The van der Waals surface area contributed by atoms with Crippen LogP contribution in [0.15, 0.2) is 78.9 Å². The van der Waals surface area contributed by atoms with Crippen LogP contribution in [0.4, 0.5) is 5.69 Å². The van der Waals surface area contributed by atoms with E-state index in [1.54, 1.807) is 31.2 Å². The molecule has 0 aliphatic rings. The zero-order chi connectivity index (χ0) is 21.7. The molecule has 0 aliphatic heterocycles. The van der Waals surface area contributed by atoms with E-state index in [1.165, 1.54) is 10.6 Å². The van der Waals surface area contributed by atoms with Gasteiger partial charge in [-0.3, -0.25) is 9.10 Å². The van der Waals surface area contributed by atoms with E-state index >= 15 is 0 Å². The average Bonchev–Trinajstić information content (AvgIpc) is 2.73. The lowest BCUT2D eigenvalue weighted by Gasteiger charge is -2.22. The third-order valence-corrected chi connectivity index (χ3v) is 6.19. The molecule has 0 saturated carbocycles. The van der Waals surface area contributed by atoms with E-state index in [2.05, 4.69) is 5.32 Å². The summed E-state index contributed by atoms with van der Waals surface area (Å²) in [7, 11) is -3.36. The van der Waals surface area contributed by atoms with E-state index in [9.17, 15) is 13.2 Å². The van der Waals surface area contributed by atoms with Crippen molar-refractivity contribution in [2.45, 2.75) is 19.9 Å². The third-order valence-electron chi connectivity index (χ3n) is 4.92. The fraction of sp³-hybridized carbons (Fsp3) is 0.208. The zero-order valence-electron chi connectivity index (χ0n) is 17.4. The maximum Gasteiger partial charge on any atom is 0.252 e. The topological polar surface area (TPSA) is 66.5 Å². The van der Waals surface area contributed by atoms with Gasteiger partial charge < -0.3 is 5.32 Å². The summed E-state index contributed by atoms with van der Waals surface area (Å²) < 4.78 is 25.1. The van der Waals surface area contributed by atoms with Crippen molar-refractivity contribution >= 4 is 21.6 Å². The summed E-state index contributed by atoms with van der Waals surface area (Å²) in [5, 5.41) is 3.11. The number of carbonyl (C=O) groups excluding carboxylic acids is 1. The highest BCUT2D eigenvalue weighted by Gasteiger charge is 2.19. The Labute approximate surface area is 178 Å². The van der Waals surface area contributed by atoms with Gasteiger partial charge in [-0.2, -0.15) is 0 Å². The van der Waals surface area contributed by atoms with Gasteiger partial charge in [0.25, 0.3) is 5.91 Å². The Morgan fingerprint density at radius 3 is 2.00 bits per heavy atom. The maximum atomic E-state index is 13.0. The number of sulfonamides is 1. The van der Waals surface area contributed by atoms with E-state index in [0.29, 0.717) is 17.8 Å². The van der Waals surface area contributed by atoms with Crippen LogP contribution in [0.5, 0.6) is 0 Å². The monoisotopic (exact) mass is 422 g/mol. The summed E-state index contributed by atoms with van der Waals surface area (Å²) in [5.41, 5.74) is 4.14. The van der Waals surface area contributed by atoms with Crippen LogP contribution < -0.4 is 9.62 Å².